The third-order valence-corrected chi connectivity index (χ3v) is 6.12. The number of benzene rings is 1. The van der Waals surface area contributed by atoms with Gasteiger partial charge in [-0.15, -0.1) is 13.2 Å². The number of nitrogens with zero attached hydrogens (tertiary/aromatic N) is 1. The molecule has 0 aliphatic heterocycles. The summed E-state index contributed by atoms with van der Waals surface area (Å²) in [5.74, 6) is -2.34. The SMILES string of the molecule is CC[C@H](C)[C@@H](C(=O)O)N(C(C)(C)C)S(=O)(=O)c1ccc(OC(F)(F)F)cc1. The second-order valence-electron chi connectivity index (χ2n) is 7.16. The van der Waals surface area contributed by atoms with Gasteiger partial charge in [0.05, 0.1) is 4.90 Å². The summed E-state index contributed by atoms with van der Waals surface area (Å²) in [7, 11) is -4.30. The van der Waals surface area contributed by atoms with Crippen LogP contribution < -0.4 is 4.74 Å². The Balaban J connectivity index is 3.43. The predicted octanol–water partition coefficient (Wildman–Crippen LogP) is 3.87. The van der Waals surface area contributed by atoms with Gasteiger partial charge in [-0.3, -0.25) is 4.79 Å². The van der Waals surface area contributed by atoms with Crippen molar-refractivity contribution in [1.29, 1.82) is 0 Å². The van der Waals surface area contributed by atoms with Gasteiger partial charge < -0.3 is 9.84 Å². The fraction of sp³-hybridized carbons (Fsp3) is 0.588. The Morgan fingerprint density at radius 3 is 2.00 bits per heavy atom. The fourth-order valence-corrected chi connectivity index (χ4v) is 4.68. The first kappa shape index (κ1) is 23.2. The van der Waals surface area contributed by atoms with Crippen molar-refractivity contribution in [2.75, 3.05) is 0 Å². The van der Waals surface area contributed by atoms with Gasteiger partial charge in [-0.25, -0.2) is 8.42 Å². The van der Waals surface area contributed by atoms with Crippen molar-refractivity contribution in [3.63, 3.8) is 0 Å². The Morgan fingerprint density at radius 2 is 1.67 bits per heavy atom. The van der Waals surface area contributed by atoms with E-state index in [1.165, 1.54) is 0 Å². The van der Waals surface area contributed by atoms with Crippen LogP contribution >= 0.6 is 0 Å². The van der Waals surface area contributed by atoms with Crippen LogP contribution in [0.2, 0.25) is 0 Å². The second-order valence-corrected chi connectivity index (χ2v) is 8.97. The molecule has 10 heteroatoms. The van der Waals surface area contributed by atoms with Gasteiger partial charge in [-0.1, -0.05) is 20.3 Å². The molecule has 0 saturated heterocycles. The third-order valence-electron chi connectivity index (χ3n) is 3.96. The molecule has 1 aromatic carbocycles. The number of aliphatic carboxylic acids is 1. The summed E-state index contributed by atoms with van der Waals surface area (Å²) in [6.45, 7) is 8.06. The third kappa shape index (κ3) is 5.83. The van der Waals surface area contributed by atoms with E-state index >= 15 is 0 Å². The molecule has 0 aliphatic carbocycles. The average molecular weight is 411 g/mol. The van der Waals surface area contributed by atoms with Crippen LogP contribution in [-0.2, 0) is 14.8 Å². The highest BCUT2D eigenvalue weighted by Gasteiger charge is 2.45. The molecule has 0 radical (unpaired) electrons. The van der Waals surface area contributed by atoms with E-state index in [4.69, 9.17) is 0 Å². The number of sulfonamides is 1. The van der Waals surface area contributed by atoms with Crippen LogP contribution in [0, 0.1) is 5.92 Å². The molecule has 154 valence electrons. The molecule has 0 saturated carbocycles. The highest BCUT2D eigenvalue weighted by Crippen LogP contribution is 2.32. The van der Waals surface area contributed by atoms with Crippen LogP contribution in [0.3, 0.4) is 0 Å². The summed E-state index contributed by atoms with van der Waals surface area (Å²) in [5.41, 5.74) is -1.08. The monoisotopic (exact) mass is 411 g/mol. The molecule has 1 rings (SSSR count). The normalized spacial score (nSPS) is 15.4. The number of carbonyl (C=O) groups is 1. The molecule has 1 aromatic rings. The Hall–Kier alpha value is -1.81. The van der Waals surface area contributed by atoms with E-state index in [2.05, 4.69) is 4.74 Å². The Kier molecular flexibility index (Phi) is 6.93. The number of hydrogen-bond acceptors (Lipinski definition) is 4. The maximum Gasteiger partial charge on any atom is 0.573 e. The molecule has 0 amide bonds. The van der Waals surface area contributed by atoms with Crippen LogP contribution in [0.15, 0.2) is 29.2 Å². The van der Waals surface area contributed by atoms with Crippen LogP contribution in [0.25, 0.3) is 0 Å². The Morgan fingerprint density at radius 1 is 1.19 bits per heavy atom. The number of ether oxygens (including phenoxy) is 1. The van der Waals surface area contributed by atoms with E-state index in [0.29, 0.717) is 6.42 Å². The Labute approximate surface area is 157 Å². The van der Waals surface area contributed by atoms with Crippen LogP contribution in [0.4, 0.5) is 13.2 Å². The van der Waals surface area contributed by atoms with Gasteiger partial charge in [0.1, 0.15) is 11.8 Å². The highest BCUT2D eigenvalue weighted by atomic mass is 32.2. The topological polar surface area (TPSA) is 83.9 Å². The first-order valence-electron chi connectivity index (χ1n) is 8.24. The largest absolute Gasteiger partial charge is 0.573 e. The van der Waals surface area contributed by atoms with Gasteiger partial charge in [0, 0.05) is 5.54 Å². The van der Waals surface area contributed by atoms with Crippen molar-refractivity contribution in [3.05, 3.63) is 24.3 Å². The lowest BCUT2D eigenvalue weighted by Crippen LogP contribution is -2.56. The van der Waals surface area contributed by atoms with Crippen molar-refractivity contribution in [2.45, 2.75) is 63.9 Å². The van der Waals surface area contributed by atoms with Crippen LogP contribution in [-0.4, -0.2) is 41.7 Å². The lowest BCUT2D eigenvalue weighted by molar-refractivity contribution is -0.274. The molecule has 0 fully saturated rings. The summed E-state index contributed by atoms with van der Waals surface area (Å²) in [5, 5.41) is 9.64. The number of carboxylic acid groups (broad SMARTS) is 1. The summed E-state index contributed by atoms with van der Waals surface area (Å²) >= 11 is 0. The van der Waals surface area contributed by atoms with Crippen molar-refractivity contribution in [3.8, 4) is 5.75 Å². The molecule has 0 bridgehead atoms. The zero-order chi connectivity index (χ0) is 21.2. The van der Waals surface area contributed by atoms with E-state index in [1.54, 1.807) is 34.6 Å². The zero-order valence-corrected chi connectivity index (χ0v) is 16.6. The van der Waals surface area contributed by atoms with Crippen molar-refractivity contribution in [1.82, 2.24) is 4.31 Å². The van der Waals surface area contributed by atoms with E-state index < -0.39 is 45.6 Å². The summed E-state index contributed by atoms with van der Waals surface area (Å²) in [4.78, 5) is 11.5. The average Bonchev–Trinajstić information content (AvgIpc) is 2.48. The number of alkyl halides is 3. The summed E-state index contributed by atoms with van der Waals surface area (Å²) < 4.78 is 67.7. The quantitative estimate of drug-likeness (QED) is 0.736. The first-order chi connectivity index (χ1) is 12.1. The standard InChI is InChI=1S/C17H24F3NO5S/c1-6-11(2)14(15(22)23)21(16(3,4)5)27(24,25)13-9-7-12(8-10-13)26-17(18,19)20/h7-11,14H,6H2,1-5H3,(H,22,23)/t11-,14-/m0/s1. The second kappa shape index (κ2) is 8.05. The predicted molar refractivity (Wildman–Crippen MR) is 92.8 cm³/mol. The van der Waals surface area contributed by atoms with Crippen molar-refractivity contribution >= 4 is 16.0 Å². The van der Waals surface area contributed by atoms with Gasteiger partial charge in [0.2, 0.25) is 10.0 Å². The molecule has 2 atom stereocenters. The van der Waals surface area contributed by atoms with Crippen LogP contribution in [0.1, 0.15) is 41.0 Å². The maximum absolute atomic E-state index is 13.1. The Bertz CT molecular complexity index is 754. The molecule has 0 unspecified atom stereocenters. The lowest BCUT2D eigenvalue weighted by Gasteiger charge is -2.40. The molecule has 0 heterocycles. The lowest BCUT2D eigenvalue weighted by atomic mass is 9.96. The summed E-state index contributed by atoms with van der Waals surface area (Å²) in [6, 6.07) is 2.35. The fourth-order valence-electron chi connectivity index (χ4n) is 2.65. The smallest absolute Gasteiger partial charge is 0.480 e. The molecule has 0 aliphatic rings. The number of hydrogen-bond donors (Lipinski definition) is 1. The minimum Gasteiger partial charge on any atom is -0.480 e. The number of halogens is 3. The van der Waals surface area contributed by atoms with E-state index in [9.17, 15) is 31.5 Å². The van der Waals surface area contributed by atoms with Gasteiger partial charge in [0.15, 0.2) is 0 Å². The molecule has 0 spiro atoms. The summed E-state index contributed by atoms with van der Waals surface area (Å²) in [6.07, 6.45) is -4.47. The minimum absolute atomic E-state index is 0.318. The van der Waals surface area contributed by atoms with Gasteiger partial charge in [0.25, 0.3) is 0 Å². The van der Waals surface area contributed by atoms with Gasteiger partial charge >= 0.3 is 12.3 Å². The van der Waals surface area contributed by atoms with E-state index in [-0.39, 0.29) is 4.90 Å². The highest BCUT2D eigenvalue weighted by molar-refractivity contribution is 7.89. The van der Waals surface area contributed by atoms with Gasteiger partial charge in [-0.05, 0) is 51.0 Å². The first-order valence-corrected chi connectivity index (χ1v) is 9.68. The molecular weight excluding hydrogens is 387 g/mol. The number of rotatable bonds is 7. The van der Waals surface area contributed by atoms with E-state index in [0.717, 1.165) is 28.6 Å². The minimum atomic E-state index is -4.90. The molecule has 6 nitrogen and oxygen atoms in total. The van der Waals surface area contributed by atoms with Crippen molar-refractivity contribution < 1.29 is 36.2 Å². The maximum atomic E-state index is 13.1. The van der Waals surface area contributed by atoms with Crippen LogP contribution in [0.5, 0.6) is 5.75 Å². The zero-order valence-electron chi connectivity index (χ0n) is 15.7. The molecular formula is C17H24F3NO5S. The molecule has 27 heavy (non-hydrogen) atoms. The van der Waals surface area contributed by atoms with Gasteiger partial charge in [-0.2, -0.15) is 4.31 Å². The molecule has 1 N–H and O–H groups in total. The van der Waals surface area contributed by atoms with Crippen molar-refractivity contribution in [2.24, 2.45) is 5.92 Å². The number of carboxylic acids is 1. The molecule has 0 aromatic heterocycles. The van der Waals surface area contributed by atoms with E-state index in [1.807, 2.05) is 0 Å².